The van der Waals surface area contributed by atoms with E-state index in [0.717, 1.165) is 102 Å². The van der Waals surface area contributed by atoms with E-state index in [4.69, 9.17) is 22.2 Å². The van der Waals surface area contributed by atoms with Crippen LogP contribution < -0.4 is 0 Å². The molecule has 0 aliphatic carbocycles. The maximum absolute atomic E-state index is 5.77. The van der Waals surface area contributed by atoms with Crippen molar-refractivity contribution in [2.75, 3.05) is 0 Å². The standard InChI is InChI=1S/C47H28N4S5/c52-47-55-45-46(56-47)54-44-42-40(30-19-11-4-12-20-30)36-26-24-34(50-36)38(28-15-7-2-8-16-28)32-22-21-31(48-32)37(27-13-5-1-6-14-27)33-23-25-35(49-33)39(29-17-9-3-10-18-29)41(51-42)43(44)53-45/h1-26,49-50H. The maximum atomic E-state index is 5.77. The predicted octanol–water partition coefficient (Wildman–Crippen LogP) is 14.7. The van der Waals surface area contributed by atoms with E-state index in [9.17, 15) is 0 Å². The summed E-state index contributed by atoms with van der Waals surface area (Å²) >= 11 is 12.8. The van der Waals surface area contributed by atoms with Gasteiger partial charge in [0.15, 0.2) is 0 Å². The normalized spacial score (nSPS) is 13.1. The number of H-pyrrole nitrogens is 2. The first-order chi connectivity index (χ1) is 27.7. The van der Waals surface area contributed by atoms with Crippen LogP contribution in [0.25, 0.3) is 88.5 Å². The Morgan fingerprint density at radius 3 is 1.11 bits per heavy atom. The van der Waals surface area contributed by atoms with Gasteiger partial charge in [-0.25, -0.2) is 9.97 Å². The maximum Gasteiger partial charge on any atom is 0.145 e. The molecule has 0 spiro atoms. The Morgan fingerprint density at radius 1 is 0.393 bits per heavy atom. The number of fused-ring (bicyclic) bond motifs is 11. The molecule has 0 saturated carbocycles. The summed E-state index contributed by atoms with van der Waals surface area (Å²) in [7, 11) is 0. The largest absolute Gasteiger partial charge is 0.354 e. The summed E-state index contributed by atoms with van der Waals surface area (Å²) in [6.45, 7) is 0. The van der Waals surface area contributed by atoms with Gasteiger partial charge in [-0.2, -0.15) is 0 Å². The fourth-order valence-electron chi connectivity index (χ4n) is 7.68. The van der Waals surface area contributed by atoms with E-state index < -0.39 is 0 Å². The number of hydrogen-bond donors (Lipinski definition) is 2. The van der Waals surface area contributed by atoms with Gasteiger partial charge in [0.2, 0.25) is 0 Å². The highest BCUT2D eigenvalue weighted by Crippen LogP contribution is 2.61. The van der Waals surface area contributed by atoms with Crippen LogP contribution in [0.15, 0.2) is 154 Å². The molecule has 7 heterocycles. The molecule has 4 aromatic heterocycles. The number of hydrogen-bond acceptors (Lipinski definition) is 7. The zero-order valence-corrected chi connectivity index (χ0v) is 33.5. The van der Waals surface area contributed by atoms with E-state index in [0.29, 0.717) is 0 Å². The Kier molecular flexibility index (Phi) is 8.37. The minimum absolute atomic E-state index is 0.897. The second-order valence-corrected chi connectivity index (χ2v) is 19.2. The lowest BCUT2D eigenvalue weighted by Gasteiger charge is -2.15. The Hall–Kier alpha value is -5.55. The number of benzene rings is 4. The fraction of sp³-hybridized carbons (Fsp3) is 0. The van der Waals surface area contributed by atoms with Crippen LogP contribution in [0.1, 0.15) is 22.8 Å². The molecule has 0 fully saturated rings. The lowest BCUT2D eigenvalue weighted by Crippen LogP contribution is -1.90. The van der Waals surface area contributed by atoms with Crippen molar-refractivity contribution in [3.05, 3.63) is 172 Å². The molecule has 3 aliphatic rings. The number of nitrogens with zero attached hydrogens (tertiary/aromatic N) is 2. The van der Waals surface area contributed by atoms with Crippen molar-refractivity contribution in [2.45, 2.75) is 8.42 Å². The van der Waals surface area contributed by atoms with Gasteiger partial charge in [0.25, 0.3) is 0 Å². The highest BCUT2D eigenvalue weighted by molar-refractivity contribution is 8.18. The Morgan fingerprint density at radius 2 is 0.732 bits per heavy atom. The van der Waals surface area contributed by atoms with Crippen molar-refractivity contribution < 1.29 is 0 Å². The summed E-state index contributed by atoms with van der Waals surface area (Å²) in [5.41, 5.74) is 16.1. The Balaban J connectivity index is 1.36. The first kappa shape index (κ1) is 33.8. The molecule has 2 N–H and O–H groups in total. The molecule has 9 heteroatoms. The van der Waals surface area contributed by atoms with Gasteiger partial charge in [0.05, 0.1) is 41.0 Å². The zero-order chi connectivity index (χ0) is 37.2. The molecule has 56 heavy (non-hydrogen) atoms. The van der Waals surface area contributed by atoms with Crippen LogP contribution in [0, 0.1) is 3.14 Å². The smallest absolute Gasteiger partial charge is 0.145 e. The Labute approximate surface area is 344 Å². The van der Waals surface area contributed by atoms with E-state index >= 15 is 0 Å². The van der Waals surface area contributed by atoms with Crippen LogP contribution >= 0.6 is 58.4 Å². The molecule has 11 rings (SSSR count). The molecular weight excluding hydrogens is 781 g/mol. The number of rotatable bonds is 4. The molecule has 4 aromatic carbocycles. The van der Waals surface area contributed by atoms with Gasteiger partial charge in [-0.15, -0.1) is 22.7 Å². The van der Waals surface area contributed by atoms with Crippen molar-refractivity contribution in [1.29, 1.82) is 0 Å². The second kappa shape index (κ2) is 13.9. The van der Waals surface area contributed by atoms with Crippen molar-refractivity contribution in [2.24, 2.45) is 0 Å². The topological polar surface area (TPSA) is 57.4 Å². The van der Waals surface area contributed by atoms with Gasteiger partial charge in [-0.1, -0.05) is 157 Å². The van der Waals surface area contributed by atoms with E-state index in [1.54, 1.807) is 46.2 Å². The quantitative estimate of drug-likeness (QED) is 0.173. The van der Waals surface area contributed by atoms with E-state index in [1.165, 1.54) is 8.42 Å². The number of thioether (sulfide) groups is 2. The van der Waals surface area contributed by atoms with Crippen LogP contribution in [0.5, 0.6) is 0 Å². The minimum Gasteiger partial charge on any atom is -0.354 e. The predicted molar refractivity (Wildman–Crippen MR) is 243 cm³/mol. The molecule has 266 valence electrons. The van der Waals surface area contributed by atoms with E-state index in [-0.39, 0.29) is 0 Å². The lowest BCUT2D eigenvalue weighted by atomic mass is 10.0. The van der Waals surface area contributed by atoms with Crippen molar-refractivity contribution in [1.82, 2.24) is 19.9 Å². The zero-order valence-electron chi connectivity index (χ0n) is 29.4. The van der Waals surface area contributed by atoms with Crippen LogP contribution in [-0.2, 0) is 0 Å². The monoisotopic (exact) mass is 808 g/mol. The molecule has 0 amide bonds. The highest BCUT2D eigenvalue weighted by atomic mass is 32.2. The molecule has 8 bridgehead atoms. The van der Waals surface area contributed by atoms with E-state index in [2.05, 4.69) is 168 Å². The van der Waals surface area contributed by atoms with Gasteiger partial charge in [-0.3, -0.25) is 0 Å². The molecule has 8 aromatic rings. The van der Waals surface area contributed by atoms with Gasteiger partial charge in [-0.05, 0) is 58.7 Å². The van der Waals surface area contributed by atoms with Crippen LogP contribution in [0.4, 0.5) is 0 Å². The highest BCUT2D eigenvalue weighted by Gasteiger charge is 2.34. The van der Waals surface area contributed by atoms with Crippen molar-refractivity contribution in [3.8, 4) is 44.5 Å². The van der Waals surface area contributed by atoms with Crippen LogP contribution in [0.3, 0.4) is 0 Å². The third-order valence-electron chi connectivity index (χ3n) is 10.1. The molecule has 3 aliphatic heterocycles. The fourth-order valence-corrected chi connectivity index (χ4v) is 13.9. The van der Waals surface area contributed by atoms with Gasteiger partial charge >= 0.3 is 0 Å². The Bertz CT molecular complexity index is 2930. The first-order valence-electron chi connectivity index (χ1n) is 18.1. The second-order valence-electron chi connectivity index (χ2n) is 13.5. The SMILES string of the molecule is S=c1sc2c(s1)SC1=C(S2)c2nc1c(-c1ccccc1)c1ccc([nH]1)c(-c1ccccc1)c1nc(c(-c3ccccc3)c3ccc([nH]3)c2-c2ccccc2)C=C1. The van der Waals surface area contributed by atoms with Gasteiger partial charge in [0, 0.05) is 44.3 Å². The average Bonchev–Trinajstić information content (AvgIpc) is 4.10. The van der Waals surface area contributed by atoms with E-state index in [1.807, 2.05) is 0 Å². The van der Waals surface area contributed by atoms with Crippen molar-refractivity contribution >= 4 is 102 Å². The molecule has 4 nitrogen and oxygen atoms in total. The summed E-state index contributed by atoms with van der Waals surface area (Å²) in [6, 6.07) is 51.2. The molecular formula is C47H28N4S5. The molecule has 0 unspecified atom stereocenters. The average molecular weight is 809 g/mol. The van der Waals surface area contributed by atoms with Gasteiger partial charge in [0.1, 0.15) is 3.14 Å². The molecule has 0 atom stereocenters. The summed E-state index contributed by atoms with van der Waals surface area (Å²) < 4.78 is 3.39. The summed E-state index contributed by atoms with van der Waals surface area (Å²) in [5.74, 6) is 0. The summed E-state index contributed by atoms with van der Waals surface area (Å²) in [4.78, 5) is 21.3. The molecule has 0 radical (unpaired) electrons. The summed E-state index contributed by atoms with van der Waals surface area (Å²) in [6.07, 6.45) is 4.29. The van der Waals surface area contributed by atoms with Crippen molar-refractivity contribution in [3.63, 3.8) is 0 Å². The summed E-state index contributed by atoms with van der Waals surface area (Å²) in [5, 5.41) is 0. The van der Waals surface area contributed by atoms with Crippen LogP contribution in [0.2, 0.25) is 0 Å². The molecule has 0 saturated heterocycles. The first-order valence-corrected chi connectivity index (χ1v) is 21.8. The van der Waals surface area contributed by atoms with Gasteiger partial charge < -0.3 is 9.97 Å². The van der Waals surface area contributed by atoms with Crippen LogP contribution in [-0.4, -0.2) is 19.9 Å². The third kappa shape index (κ3) is 5.77. The number of nitrogens with one attached hydrogen (secondary N) is 2. The number of aromatic amines is 2. The minimum atomic E-state index is 0.897. The number of aromatic nitrogens is 4. The lowest BCUT2D eigenvalue weighted by molar-refractivity contribution is 1.31. The third-order valence-corrected chi connectivity index (χ3v) is 15.8.